The summed E-state index contributed by atoms with van der Waals surface area (Å²) in [6, 6.07) is 17.8. The van der Waals surface area contributed by atoms with E-state index in [-0.39, 0.29) is 11.4 Å². The molecule has 1 heterocycles. The number of benzene rings is 2. The maximum atomic E-state index is 12.0. The van der Waals surface area contributed by atoms with Gasteiger partial charge in [0.05, 0.1) is 0 Å². The second kappa shape index (κ2) is 5.41. The number of carbonyl (C=O) groups excluding carboxylic acids is 1. The van der Waals surface area contributed by atoms with Crippen LogP contribution in [0, 0.1) is 0 Å². The van der Waals surface area contributed by atoms with Gasteiger partial charge < -0.3 is 4.84 Å². The zero-order valence-corrected chi connectivity index (χ0v) is 13.0. The molecule has 1 atom stereocenters. The zero-order valence-electron chi connectivity index (χ0n) is 13.0. The molecule has 22 heavy (non-hydrogen) atoms. The summed E-state index contributed by atoms with van der Waals surface area (Å²) in [5.41, 5.74) is 3.85. The maximum Gasteiger partial charge on any atom is 0.348 e. The second-order valence-corrected chi connectivity index (χ2v) is 6.56. The Morgan fingerprint density at radius 1 is 0.955 bits per heavy atom. The number of hydrogen-bond acceptors (Lipinski definition) is 3. The topological polar surface area (TPSA) is 38.7 Å². The smallest absolute Gasteiger partial charge is 0.317 e. The lowest BCUT2D eigenvalue weighted by Gasteiger charge is -2.19. The van der Waals surface area contributed by atoms with Gasteiger partial charge in [0.1, 0.15) is 11.6 Å². The Balaban J connectivity index is 1.95. The van der Waals surface area contributed by atoms with Gasteiger partial charge in [-0.05, 0) is 16.5 Å². The average molecular weight is 293 g/mol. The predicted molar refractivity (Wildman–Crippen MR) is 87.0 cm³/mol. The Kier molecular flexibility index (Phi) is 3.57. The van der Waals surface area contributed by atoms with Crippen LogP contribution in [-0.4, -0.2) is 11.7 Å². The Hall–Kier alpha value is -2.42. The molecule has 2 aromatic carbocycles. The maximum absolute atomic E-state index is 12.0. The van der Waals surface area contributed by atoms with Crippen LogP contribution in [0.5, 0.6) is 0 Å². The van der Waals surface area contributed by atoms with Gasteiger partial charge in [-0.2, -0.15) is 0 Å². The van der Waals surface area contributed by atoms with E-state index in [0.717, 1.165) is 11.1 Å². The highest BCUT2D eigenvalue weighted by atomic mass is 16.7. The SMILES string of the molecule is CC(C)(C)c1ccc(C2=NOC(=O)C2c2ccccc2)cc1. The Morgan fingerprint density at radius 2 is 1.59 bits per heavy atom. The van der Waals surface area contributed by atoms with Crippen molar-refractivity contribution in [2.24, 2.45) is 5.16 Å². The molecule has 1 unspecified atom stereocenters. The third-order valence-corrected chi connectivity index (χ3v) is 3.92. The first-order valence-electron chi connectivity index (χ1n) is 7.41. The largest absolute Gasteiger partial charge is 0.348 e. The van der Waals surface area contributed by atoms with E-state index in [1.165, 1.54) is 5.56 Å². The van der Waals surface area contributed by atoms with E-state index in [1.807, 2.05) is 42.5 Å². The Morgan fingerprint density at radius 3 is 2.18 bits per heavy atom. The standard InChI is InChI=1S/C19H19NO2/c1-19(2,3)15-11-9-14(10-12-15)17-16(18(21)22-20-17)13-7-5-4-6-8-13/h4-12,16H,1-3H3. The van der Waals surface area contributed by atoms with Gasteiger partial charge in [-0.3, -0.25) is 0 Å². The molecule has 0 aromatic heterocycles. The molecule has 1 aliphatic heterocycles. The number of nitrogens with zero attached hydrogens (tertiary/aromatic N) is 1. The van der Waals surface area contributed by atoms with Gasteiger partial charge in [-0.15, -0.1) is 0 Å². The van der Waals surface area contributed by atoms with Crippen LogP contribution in [0.25, 0.3) is 0 Å². The van der Waals surface area contributed by atoms with Crippen LogP contribution in [0.2, 0.25) is 0 Å². The van der Waals surface area contributed by atoms with Crippen LogP contribution < -0.4 is 0 Å². The fourth-order valence-electron chi connectivity index (χ4n) is 2.61. The fourth-order valence-corrected chi connectivity index (χ4v) is 2.61. The molecule has 0 saturated carbocycles. The molecule has 112 valence electrons. The van der Waals surface area contributed by atoms with Crippen LogP contribution in [0.4, 0.5) is 0 Å². The number of rotatable bonds is 2. The van der Waals surface area contributed by atoms with Crippen LogP contribution in [0.1, 0.15) is 43.4 Å². The first-order chi connectivity index (χ1) is 10.5. The minimum absolute atomic E-state index is 0.0984. The average Bonchev–Trinajstić information content (AvgIpc) is 2.89. The van der Waals surface area contributed by atoms with E-state index in [2.05, 4.69) is 38.1 Å². The van der Waals surface area contributed by atoms with Crippen LogP contribution in [0.3, 0.4) is 0 Å². The van der Waals surface area contributed by atoms with Gasteiger partial charge in [0.2, 0.25) is 0 Å². The monoisotopic (exact) mass is 293 g/mol. The lowest BCUT2D eigenvalue weighted by molar-refractivity contribution is -0.141. The fraction of sp³-hybridized carbons (Fsp3) is 0.263. The lowest BCUT2D eigenvalue weighted by Crippen LogP contribution is -2.17. The molecule has 0 aliphatic carbocycles. The summed E-state index contributed by atoms with van der Waals surface area (Å²) in [6.45, 7) is 6.53. The molecule has 0 N–H and O–H groups in total. The molecule has 0 fully saturated rings. The van der Waals surface area contributed by atoms with Crippen LogP contribution in [0.15, 0.2) is 59.8 Å². The lowest BCUT2D eigenvalue weighted by atomic mass is 9.85. The summed E-state index contributed by atoms with van der Waals surface area (Å²) in [6.07, 6.45) is 0. The van der Waals surface area contributed by atoms with E-state index in [1.54, 1.807) is 0 Å². The van der Waals surface area contributed by atoms with Crippen molar-refractivity contribution in [1.82, 2.24) is 0 Å². The Bertz CT molecular complexity index is 709. The minimum atomic E-state index is -0.443. The van der Waals surface area contributed by atoms with Gasteiger partial charge in [0, 0.05) is 5.56 Å². The van der Waals surface area contributed by atoms with E-state index in [4.69, 9.17) is 4.84 Å². The summed E-state index contributed by atoms with van der Waals surface area (Å²) < 4.78 is 0. The third-order valence-electron chi connectivity index (χ3n) is 3.92. The van der Waals surface area contributed by atoms with Crippen molar-refractivity contribution < 1.29 is 9.63 Å². The number of hydrogen-bond donors (Lipinski definition) is 0. The van der Waals surface area contributed by atoms with Crippen molar-refractivity contribution in [1.29, 1.82) is 0 Å². The van der Waals surface area contributed by atoms with Gasteiger partial charge in [0.15, 0.2) is 0 Å². The normalized spacial score (nSPS) is 18.0. The molecule has 0 amide bonds. The van der Waals surface area contributed by atoms with E-state index in [9.17, 15) is 4.79 Å². The molecule has 3 heteroatoms. The van der Waals surface area contributed by atoms with Crippen molar-refractivity contribution in [3.8, 4) is 0 Å². The first kappa shape index (κ1) is 14.5. The van der Waals surface area contributed by atoms with Crippen molar-refractivity contribution >= 4 is 11.7 Å². The zero-order chi connectivity index (χ0) is 15.7. The molecular formula is C19H19NO2. The van der Waals surface area contributed by atoms with Crippen molar-refractivity contribution in [3.05, 3.63) is 71.3 Å². The summed E-state index contributed by atoms with van der Waals surface area (Å²) in [7, 11) is 0. The van der Waals surface area contributed by atoms with Crippen LogP contribution >= 0.6 is 0 Å². The van der Waals surface area contributed by atoms with E-state index >= 15 is 0 Å². The third kappa shape index (κ3) is 2.67. The van der Waals surface area contributed by atoms with Crippen molar-refractivity contribution in [2.75, 3.05) is 0 Å². The second-order valence-electron chi connectivity index (χ2n) is 6.56. The summed E-state index contributed by atoms with van der Waals surface area (Å²) >= 11 is 0. The molecule has 0 radical (unpaired) electrons. The molecule has 0 spiro atoms. The first-order valence-corrected chi connectivity index (χ1v) is 7.41. The van der Waals surface area contributed by atoms with E-state index in [0.29, 0.717) is 5.71 Å². The van der Waals surface area contributed by atoms with Gasteiger partial charge in [0.25, 0.3) is 0 Å². The highest BCUT2D eigenvalue weighted by Gasteiger charge is 2.35. The highest BCUT2D eigenvalue weighted by molar-refractivity contribution is 6.18. The highest BCUT2D eigenvalue weighted by Crippen LogP contribution is 2.29. The summed E-state index contributed by atoms with van der Waals surface area (Å²) in [5, 5.41) is 4.00. The quantitative estimate of drug-likeness (QED) is 0.784. The van der Waals surface area contributed by atoms with Gasteiger partial charge in [-0.1, -0.05) is 80.5 Å². The van der Waals surface area contributed by atoms with Crippen molar-refractivity contribution in [3.63, 3.8) is 0 Å². The molecule has 0 bridgehead atoms. The summed E-state index contributed by atoms with van der Waals surface area (Å²) in [5.74, 6) is -0.761. The minimum Gasteiger partial charge on any atom is -0.317 e. The molecule has 3 rings (SSSR count). The Labute approximate surface area is 130 Å². The van der Waals surface area contributed by atoms with E-state index < -0.39 is 5.92 Å². The molecular weight excluding hydrogens is 274 g/mol. The van der Waals surface area contributed by atoms with Gasteiger partial charge >= 0.3 is 5.97 Å². The predicted octanol–water partition coefficient (Wildman–Crippen LogP) is 4.03. The van der Waals surface area contributed by atoms with Crippen molar-refractivity contribution in [2.45, 2.75) is 32.1 Å². The van der Waals surface area contributed by atoms with Gasteiger partial charge in [-0.25, -0.2) is 4.79 Å². The molecule has 3 nitrogen and oxygen atoms in total. The molecule has 1 aliphatic rings. The number of carbonyl (C=O) groups is 1. The molecule has 2 aromatic rings. The number of oxime groups is 1. The molecule has 0 saturated heterocycles. The summed E-state index contributed by atoms with van der Waals surface area (Å²) in [4.78, 5) is 17.0. The van der Waals surface area contributed by atoms with Crippen LogP contribution in [-0.2, 0) is 15.0 Å².